The third kappa shape index (κ3) is 5.60. The number of rotatable bonds is 8. The van der Waals surface area contributed by atoms with E-state index in [-0.39, 0.29) is 11.8 Å². The molecule has 152 valence electrons. The highest BCUT2D eigenvalue weighted by atomic mass is 19.1. The molecule has 2 amide bonds. The lowest BCUT2D eigenvalue weighted by atomic mass is 9.94. The molecule has 1 aromatic heterocycles. The van der Waals surface area contributed by atoms with Crippen molar-refractivity contribution in [2.24, 2.45) is 0 Å². The minimum absolute atomic E-state index is 0.0508. The standard InChI is InChI=1S/C23H32FN3O/c1-2-3-15-25-23(28)27(21-8-5-4-6-9-21)18-22-10-7-16-26(22)17-19-11-13-20(24)14-12-19/h7,10-14,16,21H,2-6,8-9,15,17-18H2,1H3,(H,25,28). The molecule has 0 unspecified atom stereocenters. The van der Waals surface area contributed by atoms with Gasteiger partial charge < -0.3 is 14.8 Å². The second kappa shape index (κ2) is 10.3. The number of urea groups is 1. The summed E-state index contributed by atoms with van der Waals surface area (Å²) in [4.78, 5) is 14.9. The van der Waals surface area contributed by atoms with E-state index in [4.69, 9.17) is 0 Å². The molecule has 0 atom stereocenters. The van der Waals surface area contributed by atoms with Crippen LogP contribution in [0, 0.1) is 5.82 Å². The molecule has 1 saturated carbocycles. The van der Waals surface area contributed by atoms with Gasteiger partial charge in [0.25, 0.3) is 0 Å². The van der Waals surface area contributed by atoms with Crippen molar-refractivity contribution >= 4 is 6.03 Å². The van der Waals surface area contributed by atoms with E-state index < -0.39 is 0 Å². The number of nitrogens with zero attached hydrogens (tertiary/aromatic N) is 2. The van der Waals surface area contributed by atoms with E-state index >= 15 is 0 Å². The molecule has 1 aliphatic carbocycles. The zero-order valence-corrected chi connectivity index (χ0v) is 16.9. The van der Waals surface area contributed by atoms with Crippen LogP contribution >= 0.6 is 0 Å². The number of halogens is 1. The Hall–Kier alpha value is -2.30. The quantitative estimate of drug-likeness (QED) is 0.614. The number of unbranched alkanes of at least 4 members (excludes halogenated alkanes) is 1. The summed E-state index contributed by atoms with van der Waals surface area (Å²) < 4.78 is 15.3. The number of aromatic nitrogens is 1. The van der Waals surface area contributed by atoms with Crippen LogP contribution in [0.4, 0.5) is 9.18 Å². The van der Waals surface area contributed by atoms with Gasteiger partial charge in [-0.15, -0.1) is 0 Å². The van der Waals surface area contributed by atoms with Crippen molar-refractivity contribution in [3.63, 3.8) is 0 Å². The van der Waals surface area contributed by atoms with Crippen LogP contribution in [0.15, 0.2) is 42.6 Å². The molecular formula is C23H32FN3O. The Morgan fingerprint density at radius 1 is 1.18 bits per heavy atom. The lowest BCUT2D eigenvalue weighted by molar-refractivity contribution is 0.149. The second-order valence-corrected chi connectivity index (χ2v) is 7.76. The lowest BCUT2D eigenvalue weighted by Gasteiger charge is -2.34. The van der Waals surface area contributed by atoms with Crippen LogP contribution in [0.1, 0.15) is 63.1 Å². The average molecular weight is 386 g/mol. The van der Waals surface area contributed by atoms with Crippen molar-refractivity contribution in [3.8, 4) is 0 Å². The largest absolute Gasteiger partial charge is 0.345 e. The zero-order valence-electron chi connectivity index (χ0n) is 16.9. The summed E-state index contributed by atoms with van der Waals surface area (Å²) in [6, 6.07) is 11.1. The molecule has 0 spiro atoms. The van der Waals surface area contributed by atoms with Gasteiger partial charge in [-0.25, -0.2) is 9.18 Å². The third-order valence-corrected chi connectivity index (χ3v) is 5.60. The summed E-state index contributed by atoms with van der Waals surface area (Å²) in [5.41, 5.74) is 2.16. The summed E-state index contributed by atoms with van der Waals surface area (Å²) in [6.45, 7) is 4.15. The van der Waals surface area contributed by atoms with Gasteiger partial charge in [-0.1, -0.05) is 44.7 Å². The van der Waals surface area contributed by atoms with Crippen LogP contribution in [0.5, 0.6) is 0 Å². The summed E-state index contributed by atoms with van der Waals surface area (Å²) in [6.07, 6.45) is 9.94. The van der Waals surface area contributed by atoms with Gasteiger partial charge in [0.2, 0.25) is 0 Å². The predicted molar refractivity (Wildman–Crippen MR) is 111 cm³/mol. The summed E-state index contributed by atoms with van der Waals surface area (Å²) in [7, 11) is 0. The van der Waals surface area contributed by atoms with Crippen LogP contribution < -0.4 is 5.32 Å². The zero-order chi connectivity index (χ0) is 19.8. The van der Waals surface area contributed by atoms with Crippen LogP contribution in [0.25, 0.3) is 0 Å². The van der Waals surface area contributed by atoms with Gasteiger partial charge in [0.1, 0.15) is 5.82 Å². The fourth-order valence-corrected chi connectivity index (χ4v) is 3.94. The molecule has 0 saturated heterocycles. The Labute approximate surface area is 167 Å². The average Bonchev–Trinajstić information content (AvgIpc) is 3.15. The van der Waals surface area contributed by atoms with Gasteiger partial charge in [0.15, 0.2) is 0 Å². The highest BCUT2D eigenvalue weighted by Gasteiger charge is 2.26. The highest BCUT2D eigenvalue weighted by Crippen LogP contribution is 2.24. The number of benzene rings is 1. The van der Waals surface area contributed by atoms with Gasteiger partial charge in [0, 0.05) is 31.0 Å². The molecule has 1 aliphatic rings. The van der Waals surface area contributed by atoms with Gasteiger partial charge in [-0.05, 0) is 49.1 Å². The molecule has 1 fully saturated rings. The molecule has 1 aromatic carbocycles. The smallest absolute Gasteiger partial charge is 0.318 e. The van der Waals surface area contributed by atoms with Crippen LogP contribution in [0.2, 0.25) is 0 Å². The van der Waals surface area contributed by atoms with Gasteiger partial charge >= 0.3 is 6.03 Å². The number of carbonyl (C=O) groups is 1. The first-order valence-corrected chi connectivity index (χ1v) is 10.6. The molecule has 4 nitrogen and oxygen atoms in total. The Morgan fingerprint density at radius 3 is 2.64 bits per heavy atom. The molecular weight excluding hydrogens is 353 g/mol. The first-order chi connectivity index (χ1) is 13.7. The van der Waals surface area contributed by atoms with Crippen LogP contribution in [0.3, 0.4) is 0 Å². The van der Waals surface area contributed by atoms with Gasteiger partial charge in [-0.3, -0.25) is 0 Å². The monoisotopic (exact) mass is 385 g/mol. The molecule has 0 radical (unpaired) electrons. The molecule has 5 heteroatoms. The fraction of sp³-hybridized carbons (Fsp3) is 0.522. The molecule has 0 bridgehead atoms. The summed E-state index contributed by atoms with van der Waals surface area (Å²) >= 11 is 0. The number of amides is 2. The highest BCUT2D eigenvalue weighted by molar-refractivity contribution is 5.74. The maximum Gasteiger partial charge on any atom is 0.318 e. The normalized spacial score (nSPS) is 14.8. The van der Waals surface area contributed by atoms with Crippen molar-refractivity contribution in [2.75, 3.05) is 6.54 Å². The number of hydrogen-bond acceptors (Lipinski definition) is 1. The summed E-state index contributed by atoms with van der Waals surface area (Å²) in [5, 5.41) is 3.10. The van der Waals surface area contributed by atoms with Crippen molar-refractivity contribution in [1.82, 2.24) is 14.8 Å². The van der Waals surface area contributed by atoms with Crippen LogP contribution in [-0.4, -0.2) is 28.1 Å². The molecule has 3 rings (SSSR count). The van der Waals surface area contributed by atoms with Crippen LogP contribution in [-0.2, 0) is 13.1 Å². The molecule has 2 aromatic rings. The Bertz CT molecular complexity index is 735. The van der Waals surface area contributed by atoms with Crippen molar-refractivity contribution in [1.29, 1.82) is 0 Å². The third-order valence-electron chi connectivity index (χ3n) is 5.60. The predicted octanol–water partition coefficient (Wildman–Crippen LogP) is 5.32. The molecule has 1 N–H and O–H groups in total. The molecule has 0 aliphatic heterocycles. The first kappa shape index (κ1) is 20.4. The minimum Gasteiger partial charge on any atom is -0.345 e. The lowest BCUT2D eigenvalue weighted by Crippen LogP contribution is -2.47. The number of hydrogen-bond donors (Lipinski definition) is 1. The summed E-state index contributed by atoms with van der Waals surface area (Å²) in [5.74, 6) is -0.219. The van der Waals surface area contributed by atoms with Crippen molar-refractivity contribution in [3.05, 3.63) is 59.7 Å². The maximum atomic E-state index is 13.2. The van der Waals surface area contributed by atoms with E-state index in [1.807, 2.05) is 29.3 Å². The van der Waals surface area contributed by atoms with Crippen molar-refractivity contribution < 1.29 is 9.18 Å². The second-order valence-electron chi connectivity index (χ2n) is 7.76. The van der Waals surface area contributed by atoms with Crippen molar-refractivity contribution in [2.45, 2.75) is 71.0 Å². The van der Waals surface area contributed by atoms with E-state index in [2.05, 4.69) is 22.9 Å². The molecule has 28 heavy (non-hydrogen) atoms. The molecule has 1 heterocycles. The fourth-order valence-electron chi connectivity index (χ4n) is 3.94. The van der Waals surface area contributed by atoms with E-state index in [0.717, 1.165) is 43.5 Å². The Morgan fingerprint density at radius 2 is 1.93 bits per heavy atom. The van der Waals surface area contributed by atoms with E-state index in [1.54, 1.807) is 0 Å². The van der Waals surface area contributed by atoms with E-state index in [9.17, 15) is 9.18 Å². The number of nitrogens with one attached hydrogen (secondary N) is 1. The first-order valence-electron chi connectivity index (χ1n) is 10.6. The Kier molecular flexibility index (Phi) is 7.52. The SMILES string of the molecule is CCCCNC(=O)N(Cc1cccn1Cc1ccc(F)cc1)C1CCCCC1. The maximum absolute atomic E-state index is 13.2. The number of carbonyl (C=O) groups excluding carboxylic acids is 1. The van der Waals surface area contributed by atoms with E-state index in [1.165, 1.54) is 31.4 Å². The minimum atomic E-state index is -0.219. The van der Waals surface area contributed by atoms with Gasteiger partial charge in [0.05, 0.1) is 6.54 Å². The van der Waals surface area contributed by atoms with E-state index in [0.29, 0.717) is 19.1 Å². The Balaban J connectivity index is 1.72. The van der Waals surface area contributed by atoms with Gasteiger partial charge in [-0.2, -0.15) is 0 Å². The topological polar surface area (TPSA) is 37.3 Å².